The summed E-state index contributed by atoms with van der Waals surface area (Å²) in [6.45, 7) is 0.319. The fourth-order valence-corrected chi connectivity index (χ4v) is 3.30. The highest BCUT2D eigenvalue weighted by Crippen LogP contribution is 2.30. The van der Waals surface area contributed by atoms with Crippen molar-refractivity contribution in [3.63, 3.8) is 0 Å². The summed E-state index contributed by atoms with van der Waals surface area (Å²) in [6.07, 6.45) is 0.533. The summed E-state index contributed by atoms with van der Waals surface area (Å²) in [5, 5.41) is 0.673. The first-order valence-electron chi connectivity index (χ1n) is 5.91. The fourth-order valence-electron chi connectivity index (χ4n) is 2.17. The summed E-state index contributed by atoms with van der Waals surface area (Å²) in [5.41, 5.74) is 0.789. The molecule has 0 N–H and O–H groups in total. The van der Waals surface area contributed by atoms with E-state index in [2.05, 4.69) is 4.98 Å². The van der Waals surface area contributed by atoms with Crippen molar-refractivity contribution in [2.45, 2.75) is 12.3 Å². The SMILES string of the molecule is O=C1c2sc(CCl)nc2CCN1c1ccc(F)cc1F. The monoisotopic (exact) mass is 314 g/mol. The number of benzene rings is 1. The second kappa shape index (κ2) is 5.10. The topological polar surface area (TPSA) is 33.2 Å². The number of aromatic nitrogens is 1. The van der Waals surface area contributed by atoms with Gasteiger partial charge in [-0.1, -0.05) is 0 Å². The van der Waals surface area contributed by atoms with Crippen LogP contribution in [0.15, 0.2) is 18.2 Å². The van der Waals surface area contributed by atoms with Crippen molar-refractivity contribution in [1.82, 2.24) is 4.98 Å². The highest BCUT2D eigenvalue weighted by Gasteiger charge is 2.30. The molecule has 3 rings (SSSR count). The van der Waals surface area contributed by atoms with Crippen LogP contribution in [0.3, 0.4) is 0 Å². The molecule has 0 radical (unpaired) electrons. The van der Waals surface area contributed by atoms with Gasteiger partial charge in [0.25, 0.3) is 5.91 Å². The molecule has 20 heavy (non-hydrogen) atoms. The van der Waals surface area contributed by atoms with Gasteiger partial charge in [0.1, 0.15) is 21.5 Å². The molecule has 0 bridgehead atoms. The zero-order valence-electron chi connectivity index (χ0n) is 10.2. The zero-order valence-corrected chi connectivity index (χ0v) is 11.8. The summed E-state index contributed by atoms with van der Waals surface area (Å²) in [5.74, 6) is -1.48. The molecule has 3 nitrogen and oxygen atoms in total. The number of hydrogen-bond donors (Lipinski definition) is 0. The average molecular weight is 315 g/mol. The number of thiazole rings is 1. The molecule has 0 saturated carbocycles. The van der Waals surface area contributed by atoms with Gasteiger partial charge in [0.15, 0.2) is 0 Å². The van der Waals surface area contributed by atoms with Gasteiger partial charge in [-0.25, -0.2) is 13.8 Å². The van der Waals surface area contributed by atoms with Crippen molar-refractivity contribution in [2.75, 3.05) is 11.4 Å². The Bertz CT molecular complexity index is 689. The number of hydrogen-bond acceptors (Lipinski definition) is 3. The summed E-state index contributed by atoms with van der Waals surface area (Å²) in [6, 6.07) is 3.18. The molecular formula is C13H9ClF2N2OS. The Kier molecular flexibility index (Phi) is 3.43. The molecule has 0 aliphatic carbocycles. The minimum atomic E-state index is -0.746. The predicted octanol–water partition coefficient (Wildman–Crippen LogP) is 3.36. The average Bonchev–Trinajstić information content (AvgIpc) is 2.84. The quantitative estimate of drug-likeness (QED) is 0.796. The molecule has 0 spiro atoms. The van der Waals surface area contributed by atoms with E-state index in [0.29, 0.717) is 28.5 Å². The minimum Gasteiger partial charge on any atom is -0.304 e. The van der Waals surface area contributed by atoms with Crippen molar-refractivity contribution in [3.05, 3.63) is 45.4 Å². The molecule has 0 atom stereocenters. The van der Waals surface area contributed by atoms with E-state index in [0.717, 1.165) is 12.1 Å². The Labute approximate surface area is 122 Å². The maximum atomic E-state index is 13.8. The van der Waals surface area contributed by atoms with Crippen LogP contribution in [0.5, 0.6) is 0 Å². The smallest absolute Gasteiger partial charge is 0.270 e. The molecular weight excluding hydrogens is 306 g/mol. The summed E-state index contributed by atoms with van der Waals surface area (Å²) in [7, 11) is 0. The number of nitrogens with zero attached hydrogens (tertiary/aromatic N) is 2. The van der Waals surface area contributed by atoms with Crippen LogP contribution in [0, 0.1) is 11.6 Å². The summed E-state index contributed by atoms with van der Waals surface area (Å²) >= 11 is 6.93. The number of anilines is 1. The van der Waals surface area contributed by atoms with Crippen LogP contribution in [-0.4, -0.2) is 17.4 Å². The van der Waals surface area contributed by atoms with Gasteiger partial charge in [0, 0.05) is 19.0 Å². The number of amides is 1. The van der Waals surface area contributed by atoms with Crippen molar-refractivity contribution in [3.8, 4) is 0 Å². The molecule has 7 heteroatoms. The van der Waals surface area contributed by atoms with Crippen LogP contribution in [0.25, 0.3) is 0 Å². The zero-order chi connectivity index (χ0) is 14.3. The van der Waals surface area contributed by atoms with Gasteiger partial charge in [0.2, 0.25) is 0 Å². The van der Waals surface area contributed by atoms with E-state index in [9.17, 15) is 13.6 Å². The molecule has 0 fully saturated rings. The van der Waals surface area contributed by atoms with Crippen molar-refractivity contribution < 1.29 is 13.6 Å². The van der Waals surface area contributed by atoms with Crippen LogP contribution < -0.4 is 4.90 Å². The van der Waals surface area contributed by atoms with Gasteiger partial charge in [-0.2, -0.15) is 0 Å². The number of alkyl halides is 1. The first-order chi connectivity index (χ1) is 9.60. The van der Waals surface area contributed by atoms with Gasteiger partial charge in [-0.3, -0.25) is 4.79 Å². The number of halogens is 3. The number of carbonyl (C=O) groups excluding carboxylic acids is 1. The first-order valence-corrected chi connectivity index (χ1v) is 7.26. The van der Waals surface area contributed by atoms with Gasteiger partial charge in [-0.15, -0.1) is 22.9 Å². The highest BCUT2D eigenvalue weighted by molar-refractivity contribution is 7.14. The molecule has 1 aromatic carbocycles. The number of rotatable bonds is 2. The van der Waals surface area contributed by atoms with Gasteiger partial charge in [0.05, 0.1) is 17.3 Å². The van der Waals surface area contributed by atoms with Crippen LogP contribution in [0.1, 0.15) is 20.4 Å². The lowest BCUT2D eigenvalue weighted by Crippen LogP contribution is -2.37. The normalized spacial score (nSPS) is 14.6. The Morgan fingerprint density at radius 3 is 2.90 bits per heavy atom. The van der Waals surface area contributed by atoms with Gasteiger partial charge < -0.3 is 4.90 Å². The summed E-state index contributed by atoms with van der Waals surface area (Å²) in [4.78, 5) is 18.4. The van der Waals surface area contributed by atoms with E-state index >= 15 is 0 Å². The third-order valence-electron chi connectivity index (χ3n) is 3.07. The second-order valence-corrected chi connectivity index (χ2v) is 5.67. The lowest BCUT2D eigenvalue weighted by molar-refractivity contribution is 0.0983. The van der Waals surface area contributed by atoms with E-state index in [1.165, 1.54) is 22.3 Å². The number of carbonyl (C=O) groups is 1. The highest BCUT2D eigenvalue weighted by atomic mass is 35.5. The molecule has 1 aromatic heterocycles. The van der Waals surface area contributed by atoms with E-state index in [-0.39, 0.29) is 17.5 Å². The Balaban J connectivity index is 1.99. The van der Waals surface area contributed by atoms with E-state index < -0.39 is 11.6 Å². The Morgan fingerprint density at radius 1 is 1.40 bits per heavy atom. The van der Waals surface area contributed by atoms with Crippen LogP contribution in [0.2, 0.25) is 0 Å². The molecule has 2 heterocycles. The summed E-state index contributed by atoms with van der Waals surface area (Å²) < 4.78 is 26.7. The molecule has 2 aromatic rings. The lowest BCUT2D eigenvalue weighted by atomic mass is 10.1. The van der Waals surface area contributed by atoms with Crippen LogP contribution >= 0.6 is 22.9 Å². The molecule has 1 aliphatic rings. The van der Waals surface area contributed by atoms with Gasteiger partial charge >= 0.3 is 0 Å². The molecule has 0 saturated heterocycles. The van der Waals surface area contributed by atoms with Crippen molar-refractivity contribution in [1.29, 1.82) is 0 Å². The maximum Gasteiger partial charge on any atom is 0.270 e. The third kappa shape index (κ3) is 2.19. The number of fused-ring (bicyclic) bond motifs is 1. The first kappa shape index (κ1) is 13.5. The fraction of sp³-hybridized carbons (Fsp3) is 0.231. The molecule has 104 valence electrons. The largest absolute Gasteiger partial charge is 0.304 e. The molecule has 0 unspecified atom stereocenters. The lowest BCUT2D eigenvalue weighted by Gasteiger charge is -2.26. The second-order valence-electron chi connectivity index (χ2n) is 4.32. The Morgan fingerprint density at radius 2 is 2.20 bits per heavy atom. The van der Waals surface area contributed by atoms with Crippen LogP contribution in [-0.2, 0) is 12.3 Å². The van der Waals surface area contributed by atoms with Crippen LogP contribution in [0.4, 0.5) is 14.5 Å². The van der Waals surface area contributed by atoms with E-state index in [4.69, 9.17) is 11.6 Å². The van der Waals surface area contributed by atoms with E-state index in [1.807, 2.05) is 0 Å². The predicted molar refractivity (Wildman–Crippen MR) is 73.4 cm³/mol. The Hall–Kier alpha value is -1.53. The minimum absolute atomic E-state index is 0.0860. The molecule has 1 aliphatic heterocycles. The standard InChI is InChI=1S/C13H9ClF2N2OS/c14-6-11-17-9-3-4-18(13(19)12(9)20-11)10-2-1-7(15)5-8(10)16/h1-2,5H,3-4,6H2. The van der Waals surface area contributed by atoms with Crippen molar-refractivity contribution in [2.24, 2.45) is 0 Å². The van der Waals surface area contributed by atoms with Gasteiger partial charge in [-0.05, 0) is 12.1 Å². The maximum absolute atomic E-state index is 13.8. The third-order valence-corrected chi connectivity index (χ3v) is 4.57. The van der Waals surface area contributed by atoms with E-state index in [1.54, 1.807) is 0 Å². The van der Waals surface area contributed by atoms with Crippen molar-refractivity contribution >= 4 is 34.5 Å². The molecule has 1 amide bonds.